The Hall–Kier alpha value is -2.50. The first-order chi connectivity index (χ1) is 13.8. The van der Waals surface area contributed by atoms with Crippen molar-refractivity contribution in [3.05, 3.63) is 34.6 Å². The van der Waals surface area contributed by atoms with E-state index in [1.54, 1.807) is 0 Å². The minimum Gasteiger partial charge on any atom is -0.492 e. The summed E-state index contributed by atoms with van der Waals surface area (Å²) in [4.78, 5) is 12.7. The number of nitrogens with one attached hydrogen (secondary N) is 1. The highest BCUT2D eigenvalue weighted by Gasteiger charge is 2.23. The number of carbonyl (C=O) groups excluding carboxylic acids is 1. The highest BCUT2D eigenvalue weighted by Crippen LogP contribution is 2.38. The number of benzene rings is 1. The van der Waals surface area contributed by atoms with Crippen LogP contribution in [0, 0.1) is 19.8 Å². The summed E-state index contributed by atoms with van der Waals surface area (Å²) in [5.74, 6) is 2.03. The van der Waals surface area contributed by atoms with E-state index in [1.165, 1.54) is 0 Å². The van der Waals surface area contributed by atoms with Crippen molar-refractivity contribution in [3.63, 3.8) is 0 Å². The first-order valence-corrected chi connectivity index (χ1v) is 10.6. The van der Waals surface area contributed by atoms with Crippen molar-refractivity contribution in [1.29, 1.82) is 0 Å². The average molecular weight is 400 g/mol. The average Bonchev–Trinajstić information content (AvgIpc) is 3.11. The normalized spacial score (nSPS) is 15.3. The summed E-state index contributed by atoms with van der Waals surface area (Å²) in [6, 6.07) is 3.88. The van der Waals surface area contributed by atoms with Crippen LogP contribution in [0.2, 0.25) is 0 Å². The van der Waals surface area contributed by atoms with E-state index in [2.05, 4.69) is 35.9 Å². The fraction of sp³-hybridized carbons (Fsp3) is 0.565. The van der Waals surface area contributed by atoms with E-state index in [0.717, 1.165) is 41.2 Å². The third-order valence-corrected chi connectivity index (χ3v) is 5.24. The highest BCUT2D eigenvalue weighted by molar-refractivity contribution is 5.93. The Balaban J connectivity index is 1.69. The number of aromatic nitrogens is 2. The number of hydrogen-bond acceptors (Lipinski definition) is 4. The first-order valence-electron chi connectivity index (χ1n) is 10.6. The van der Waals surface area contributed by atoms with Crippen molar-refractivity contribution in [2.24, 2.45) is 5.92 Å². The molecule has 29 heavy (non-hydrogen) atoms. The van der Waals surface area contributed by atoms with Gasteiger partial charge in [-0.3, -0.25) is 9.48 Å². The van der Waals surface area contributed by atoms with Crippen LogP contribution in [0.25, 0.3) is 0 Å². The molecule has 1 aromatic heterocycles. The number of nitrogens with zero attached hydrogens (tertiary/aromatic N) is 2. The van der Waals surface area contributed by atoms with Crippen LogP contribution in [0.4, 0.5) is 5.69 Å². The summed E-state index contributed by atoms with van der Waals surface area (Å²) in [7, 11) is 0. The van der Waals surface area contributed by atoms with Crippen LogP contribution in [-0.4, -0.2) is 28.4 Å². The van der Waals surface area contributed by atoms with Gasteiger partial charge in [-0.2, -0.15) is 5.10 Å². The molecule has 6 heteroatoms. The molecule has 2 heterocycles. The fourth-order valence-corrected chi connectivity index (χ4v) is 3.88. The second-order valence-electron chi connectivity index (χ2n) is 8.30. The molecule has 0 spiro atoms. The number of amides is 1. The Morgan fingerprint density at radius 3 is 2.83 bits per heavy atom. The number of carbonyl (C=O) groups is 1. The molecule has 1 aliphatic heterocycles. The van der Waals surface area contributed by atoms with E-state index >= 15 is 0 Å². The van der Waals surface area contributed by atoms with Gasteiger partial charge in [-0.15, -0.1) is 0 Å². The van der Waals surface area contributed by atoms with E-state index in [4.69, 9.17) is 9.47 Å². The summed E-state index contributed by atoms with van der Waals surface area (Å²) in [6.07, 6.45) is 2.08. The van der Waals surface area contributed by atoms with E-state index in [0.29, 0.717) is 36.8 Å². The number of hydrogen-bond donors (Lipinski definition) is 1. The Morgan fingerprint density at radius 1 is 1.38 bits per heavy atom. The molecular formula is C23H33N3O3. The minimum absolute atomic E-state index is 0.0349. The summed E-state index contributed by atoms with van der Waals surface area (Å²) in [6.45, 7) is 13.9. The van der Waals surface area contributed by atoms with Gasteiger partial charge < -0.3 is 14.8 Å². The number of anilines is 1. The van der Waals surface area contributed by atoms with Gasteiger partial charge in [0.1, 0.15) is 17.6 Å². The lowest BCUT2D eigenvalue weighted by atomic mass is 10.1. The first kappa shape index (κ1) is 21.2. The van der Waals surface area contributed by atoms with Crippen molar-refractivity contribution in [2.45, 2.75) is 73.5 Å². The van der Waals surface area contributed by atoms with Crippen molar-refractivity contribution in [1.82, 2.24) is 9.78 Å². The van der Waals surface area contributed by atoms with Gasteiger partial charge in [0.15, 0.2) is 0 Å². The van der Waals surface area contributed by atoms with Crippen molar-refractivity contribution < 1.29 is 14.3 Å². The Labute approximate surface area is 173 Å². The van der Waals surface area contributed by atoms with Crippen molar-refractivity contribution in [2.75, 3.05) is 11.9 Å². The molecule has 1 aromatic carbocycles. The maximum Gasteiger partial charge on any atom is 0.224 e. The summed E-state index contributed by atoms with van der Waals surface area (Å²) < 4.78 is 13.7. The zero-order chi connectivity index (χ0) is 21.1. The largest absolute Gasteiger partial charge is 0.492 e. The summed E-state index contributed by atoms with van der Waals surface area (Å²) >= 11 is 0. The Kier molecular flexibility index (Phi) is 6.50. The minimum atomic E-state index is -0.0349. The highest BCUT2D eigenvalue weighted by atomic mass is 16.5. The third-order valence-electron chi connectivity index (χ3n) is 5.24. The third kappa shape index (κ3) is 4.92. The summed E-state index contributed by atoms with van der Waals surface area (Å²) in [5, 5.41) is 7.66. The predicted molar refractivity (Wildman–Crippen MR) is 115 cm³/mol. The maximum absolute atomic E-state index is 12.7. The molecule has 0 radical (unpaired) electrons. The smallest absolute Gasteiger partial charge is 0.224 e. The molecule has 1 amide bonds. The lowest BCUT2D eigenvalue weighted by Crippen LogP contribution is -2.14. The Bertz CT molecular complexity index is 886. The lowest BCUT2D eigenvalue weighted by Gasteiger charge is -2.14. The predicted octanol–water partition coefficient (Wildman–Crippen LogP) is 4.45. The van der Waals surface area contributed by atoms with Gasteiger partial charge in [-0.05, 0) is 51.7 Å². The van der Waals surface area contributed by atoms with Crippen LogP contribution in [0.15, 0.2) is 12.1 Å². The van der Waals surface area contributed by atoms with Gasteiger partial charge in [0.25, 0.3) is 0 Å². The van der Waals surface area contributed by atoms with Crippen LogP contribution in [-0.2, 0) is 24.2 Å². The zero-order valence-corrected chi connectivity index (χ0v) is 18.5. The molecule has 0 bridgehead atoms. The number of ether oxygens (including phenoxy) is 2. The molecule has 0 aliphatic carbocycles. The van der Waals surface area contributed by atoms with Crippen LogP contribution >= 0.6 is 0 Å². The van der Waals surface area contributed by atoms with Crippen LogP contribution in [0.3, 0.4) is 0 Å². The van der Waals surface area contributed by atoms with E-state index in [9.17, 15) is 4.79 Å². The number of aryl methyl sites for hydroxylation is 1. The molecule has 0 fully saturated rings. The van der Waals surface area contributed by atoms with E-state index in [-0.39, 0.29) is 12.0 Å². The van der Waals surface area contributed by atoms with Gasteiger partial charge >= 0.3 is 0 Å². The monoisotopic (exact) mass is 399 g/mol. The second kappa shape index (κ2) is 8.89. The molecule has 3 rings (SSSR count). The quantitative estimate of drug-likeness (QED) is 0.712. The molecule has 1 N–H and O–H groups in total. The number of rotatable bonds is 8. The van der Waals surface area contributed by atoms with Gasteiger partial charge in [-0.25, -0.2) is 0 Å². The number of fused-ring (bicyclic) bond motifs is 1. The summed E-state index contributed by atoms with van der Waals surface area (Å²) in [5.41, 5.74) is 5.12. The Morgan fingerprint density at radius 2 is 2.14 bits per heavy atom. The van der Waals surface area contributed by atoms with E-state index < -0.39 is 0 Å². The molecule has 158 valence electrons. The zero-order valence-electron chi connectivity index (χ0n) is 18.5. The SMILES string of the molecule is CCOc1cc2c(cc1NC(=O)CCc1c(C)nn(CC(C)C)c1C)OC(C)C2. The van der Waals surface area contributed by atoms with Gasteiger partial charge in [0.05, 0.1) is 18.0 Å². The standard InChI is InChI=1S/C23H33N3O3/c1-7-28-22-11-18-10-15(4)29-21(18)12-20(22)24-23(27)9-8-19-16(5)25-26(17(19)6)13-14(2)3/h11-12,14-15H,7-10,13H2,1-6H3,(H,24,27). The molecule has 0 saturated heterocycles. The molecular weight excluding hydrogens is 366 g/mol. The topological polar surface area (TPSA) is 65.4 Å². The lowest BCUT2D eigenvalue weighted by molar-refractivity contribution is -0.116. The van der Waals surface area contributed by atoms with Crippen LogP contribution in [0.5, 0.6) is 11.5 Å². The van der Waals surface area contributed by atoms with Crippen molar-refractivity contribution in [3.8, 4) is 11.5 Å². The molecule has 6 nitrogen and oxygen atoms in total. The van der Waals surface area contributed by atoms with Gasteiger partial charge in [-0.1, -0.05) is 13.8 Å². The van der Waals surface area contributed by atoms with Gasteiger partial charge in [0, 0.05) is 36.7 Å². The fourth-order valence-electron chi connectivity index (χ4n) is 3.88. The molecule has 1 aliphatic rings. The van der Waals surface area contributed by atoms with E-state index in [1.807, 2.05) is 32.9 Å². The molecule has 1 atom stereocenters. The maximum atomic E-state index is 12.7. The molecule has 1 unspecified atom stereocenters. The van der Waals surface area contributed by atoms with Gasteiger partial charge in [0.2, 0.25) is 5.91 Å². The molecule has 0 saturated carbocycles. The molecule has 2 aromatic rings. The van der Waals surface area contributed by atoms with Crippen LogP contribution in [0.1, 0.15) is 56.6 Å². The van der Waals surface area contributed by atoms with Crippen molar-refractivity contribution >= 4 is 11.6 Å². The van der Waals surface area contributed by atoms with Crippen LogP contribution < -0.4 is 14.8 Å². The second-order valence-corrected chi connectivity index (χ2v) is 8.30.